The number of benzene rings is 1. The Morgan fingerprint density at radius 1 is 1.15 bits per heavy atom. The SMILES string of the molecule is CC[C@@]1(C(=O)O)C[C@H](C(=O)N2CCN(C)CC2)[C@H](c2ccc(F)cc2)N1C. The first kappa shape index (κ1) is 19.8. The maximum absolute atomic E-state index is 13.4. The quantitative estimate of drug-likeness (QED) is 0.867. The third-order valence-corrected chi connectivity index (χ3v) is 6.36. The van der Waals surface area contributed by atoms with Crippen LogP contribution in [0.1, 0.15) is 31.4 Å². The molecule has 2 aliphatic heterocycles. The number of likely N-dealkylation sites (N-methyl/N-ethyl adjacent to an activating group) is 2. The number of hydrogen-bond acceptors (Lipinski definition) is 4. The largest absolute Gasteiger partial charge is 0.480 e. The van der Waals surface area contributed by atoms with Gasteiger partial charge in [-0.1, -0.05) is 19.1 Å². The van der Waals surface area contributed by atoms with E-state index >= 15 is 0 Å². The first-order chi connectivity index (χ1) is 12.8. The van der Waals surface area contributed by atoms with E-state index in [2.05, 4.69) is 4.90 Å². The molecular weight excluding hydrogens is 349 g/mol. The number of amides is 1. The van der Waals surface area contributed by atoms with Crippen LogP contribution in [0.2, 0.25) is 0 Å². The van der Waals surface area contributed by atoms with Crippen LogP contribution in [-0.4, -0.2) is 77.5 Å². The molecule has 0 radical (unpaired) electrons. The summed E-state index contributed by atoms with van der Waals surface area (Å²) in [7, 11) is 3.79. The minimum atomic E-state index is -1.09. The molecule has 0 aromatic heterocycles. The predicted octanol–water partition coefficient (Wildman–Crippen LogP) is 1.83. The Bertz CT molecular complexity index is 703. The van der Waals surface area contributed by atoms with Crippen LogP contribution in [0.5, 0.6) is 0 Å². The van der Waals surface area contributed by atoms with Crippen LogP contribution in [-0.2, 0) is 9.59 Å². The van der Waals surface area contributed by atoms with Crippen LogP contribution in [0.15, 0.2) is 24.3 Å². The number of piperazine rings is 1. The van der Waals surface area contributed by atoms with Gasteiger partial charge in [0.15, 0.2) is 0 Å². The van der Waals surface area contributed by atoms with Crippen molar-refractivity contribution in [2.24, 2.45) is 5.92 Å². The van der Waals surface area contributed by atoms with E-state index in [1.54, 1.807) is 24.1 Å². The Labute approximate surface area is 159 Å². The van der Waals surface area contributed by atoms with Gasteiger partial charge in [-0.15, -0.1) is 0 Å². The van der Waals surface area contributed by atoms with Crippen molar-refractivity contribution >= 4 is 11.9 Å². The number of likely N-dealkylation sites (tertiary alicyclic amines) is 1. The number of nitrogens with zero attached hydrogens (tertiary/aromatic N) is 3. The van der Waals surface area contributed by atoms with E-state index in [0.29, 0.717) is 19.5 Å². The smallest absolute Gasteiger partial charge is 0.324 e. The van der Waals surface area contributed by atoms with Gasteiger partial charge >= 0.3 is 5.97 Å². The zero-order valence-electron chi connectivity index (χ0n) is 16.2. The molecule has 1 N–H and O–H groups in total. The summed E-state index contributed by atoms with van der Waals surface area (Å²) < 4.78 is 13.4. The van der Waals surface area contributed by atoms with Gasteiger partial charge in [0.2, 0.25) is 5.91 Å². The van der Waals surface area contributed by atoms with Crippen LogP contribution in [0.4, 0.5) is 4.39 Å². The van der Waals surface area contributed by atoms with Gasteiger partial charge in [-0.05, 0) is 44.6 Å². The zero-order valence-corrected chi connectivity index (χ0v) is 16.2. The Balaban J connectivity index is 1.96. The van der Waals surface area contributed by atoms with Gasteiger partial charge < -0.3 is 14.9 Å². The van der Waals surface area contributed by atoms with Crippen LogP contribution < -0.4 is 0 Å². The van der Waals surface area contributed by atoms with Crippen LogP contribution in [0.25, 0.3) is 0 Å². The molecule has 1 amide bonds. The number of carbonyl (C=O) groups excluding carboxylic acids is 1. The van der Waals surface area contributed by atoms with Crippen LogP contribution in [0, 0.1) is 11.7 Å². The Morgan fingerprint density at radius 2 is 1.74 bits per heavy atom. The molecule has 2 fully saturated rings. The van der Waals surface area contributed by atoms with E-state index in [1.807, 2.05) is 18.9 Å². The minimum Gasteiger partial charge on any atom is -0.480 e. The molecule has 148 valence electrons. The zero-order chi connectivity index (χ0) is 19.8. The van der Waals surface area contributed by atoms with E-state index in [4.69, 9.17) is 0 Å². The van der Waals surface area contributed by atoms with Gasteiger partial charge in [0.05, 0.1) is 5.92 Å². The summed E-state index contributed by atoms with van der Waals surface area (Å²) in [6.45, 7) is 4.77. The van der Waals surface area contributed by atoms with Crippen molar-refractivity contribution in [1.29, 1.82) is 0 Å². The van der Waals surface area contributed by atoms with Crippen molar-refractivity contribution in [3.05, 3.63) is 35.6 Å². The summed E-state index contributed by atoms with van der Waals surface area (Å²) in [6, 6.07) is 5.68. The molecular formula is C20H28FN3O3. The molecule has 27 heavy (non-hydrogen) atoms. The number of halogens is 1. The Kier molecular flexibility index (Phi) is 5.53. The van der Waals surface area contributed by atoms with Gasteiger partial charge in [-0.3, -0.25) is 14.5 Å². The number of carbonyl (C=O) groups is 2. The van der Waals surface area contributed by atoms with Gasteiger partial charge in [-0.2, -0.15) is 0 Å². The van der Waals surface area contributed by atoms with Gasteiger partial charge in [0.25, 0.3) is 0 Å². The highest BCUT2D eigenvalue weighted by atomic mass is 19.1. The highest BCUT2D eigenvalue weighted by Gasteiger charge is 2.56. The molecule has 1 aromatic carbocycles. The highest BCUT2D eigenvalue weighted by Crippen LogP contribution is 2.48. The summed E-state index contributed by atoms with van der Waals surface area (Å²) in [4.78, 5) is 31.3. The Hall–Kier alpha value is -1.99. The number of carboxylic acids is 1. The standard InChI is InChI=1S/C20H28FN3O3/c1-4-20(19(26)27)13-16(18(25)24-11-9-22(2)10-12-24)17(23(20)3)14-5-7-15(21)8-6-14/h5-8,16-17H,4,9-13H2,1-3H3,(H,26,27)/t16-,17-,20-/m0/s1. The van der Waals surface area contributed by atoms with Crippen LogP contribution in [0.3, 0.4) is 0 Å². The number of hydrogen-bond donors (Lipinski definition) is 1. The fourth-order valence-electron chi connectivity index (χ4n) is 4.54. The summed E-state index contributed by atoms with van der Waals surface area (Å²) in [6.07, 6.45) is 0.672. The summed E-state index contributed by atoms with van der Waals surface area (Å²) in [5, 5.41) is 9.95. The van der Waals surface area contributed by atoms with Crippen molar-refractivity contribution in [2.75, 3.05) is 40.3 Å². The molecule has 6 nitrogen and oxygen atoms in total. The second kappa shape index (κ2) is 7.56. The van der Waals surface area contributed by atoms with E-state index in [9.17, 15) is 19.1 Å². The van der Waals surface area contributed by atoms with Crippen molar-refractivity contribution < 1.29 is 19.1 Å². The lowest BCUT2D eigenvalue weighted by molar-refractivity contribution is -0.150. The Morgan fingerprint density at radius 3 is 2.26 bits per heavy atom. The molecule has 1 aromatic rings. The monoisotopic (exact) mass is 377 g/mol. The lowest BCUT2D eigenvalue weighted by atomic mass is 9.86. The highest BCUT2D eigenvalue weighted by molar-refractivity contribution is 5.85. The molecule has 0 spiro atoms. The number of rotatable bonds is 4. The number of carboxylic acid groups (broad SMARTS) is 1. The van der Waals surface area contributed by atoms with Crippen LogP contribution >= 0.6 is 0 Å². The second-order valence-corrected chi connectivity index (χ2v) is 7.74. The molecule has 0 unspecified atom stereocenters. The lowest BCUT2D eigenvalue weighted by Crippen LogP contribution is -2.49. The molecule has 0 aliphatic carbocycles. The first-order valence-electron chi connectivity index (χ1n) is 9.49. The average molecular weight is 377 g/mol. The molecule has 3 rings (SSSR count). The fourth-order valence-corrected chi connectivity index (χ4v) is 4.54. The number of aliphatic carboxylic acids is 1. The summed E-state index contributed by atoms with van der Waals surface area (Å²) >= 11 is 0. The van der Waals surface area contributed by atoms with E-state index in [0.717, 1.165) is 18.7 Å². The van der Waals surface area contributed by atoms with Crippen molar-refractivity contribution in [1.82, 2.24) is 14.7 Å². The van der Waals surface area contributed by atoms with E-state index < -0.39 is 17.4 Å². The minimum absolute atomic E-state index is 0.000787. The lowest BCUT2D eigenvalue weighted by Gasteiger charge is -2.36. The normalized spacial score (nSPS) is 29.9. The van der Waals surface area contributed by atoms with E-state index in [-0.39, 0.29) is 24.2 Å². The van der Waals surface area contributed by atoms with Gasteiger partial charge in [0.1, 0.15) is 11.4 Å². The third-order valence-electron chi connectivity index (χ3n) is 6.36. The average Bonchev–Trinajstić information content (AvgIpc) is 2.96. The summed E-state index contributed by atoms with van der Waals surface area (Å²) in [5.74, 6) is -1.71. The molecule has 7 heteroatoms. The topological polar surface area (TPSA) is 64.1 Å². The summed E-state index contributed by atoms with van der Waals surface area (Å²) in [5.41, 5.74) is -0.311. The van der Waals surface area contributed by atoms with Crippen molar-refractivity contribution in [3.63, 3.8) is 0 Å². The molecule has 0 bridgehead atoms. The van der Waals surface area contributed by atoms with E-state index in [1.165, 1.54) is 12.1 Å². The third kappa shape index (κ3) is 3.46. The molecule has 0 saturated carbocycles. The molecule has 2 aliphatic rings. The second-order valence-electron chi connectivity index (χ2n) is 7.74. The predicted molar refractivity (Wildman–Crippen MR) is 99.7 cm³/mol. The van der Waals surface area contributed by atoms with Gasteiger partial charge in [-0.25, -0.2) is 4.39 Å². The maximum Gasteiger partial charge on any atom is 0.324 e. The van der Waals surface area contributed by atoms with Crippen molar-refractivity contribution in [2.45, 2.75) is 31.3 Å². The van der Waals surface area contributed by atoms with Gasteiger partial charge in [0, 0.05) is 32.2 Å². The molecule has 2 heterocycles. The molecule has 2 saturated heterocycles. The first-order valence-corrected chi connectivity index (χ1v) is 9.49. The molecule has 3 atom stereocenters. The fraction of sp³-hybridized carbons (Fsp3) is 0.600. The van der Waals surface area contributed by atoms with Crippen molar-refractivity contribution in [3.8, 4) is 0 Å². The maximum atomic E-state index is 13.4.